The van der Waals surface area contributed by atoms with Crippen LogP contribution in [-0.4, -0.2) is 46.6 Å². The Morgan fingerprint density at radius 2 is 2.00 bits per heavy atom. The molecular formula is C21H29N3O5. The van der Waals surface area contributed by atoms with Gasteiger partial charge in [0.2, 0.25) is 5.91 Å². The molecule has 1 amide bonds. The average Bonchev–Trinajstić information content (AvgIpc) is 3.11. The van der Waals surface area contributed by atoms with Gasteiger partial charge in [0.15, 0.2) is 0 Å². The fourth-order valence-corrected chi connectivity index (χ4v) is 3.02. The van der Waals surface area contributed by atoms with Crippen LogP contribution in [0, 0.1) is 0 Å². The first-order chi connectivity index (χ1) is 13.9. The molecule has 29 heavy (non-hydrogen) atoms. The summed E-state index contributed by atoms with van der Waals surface area (Å²) in [5.74, 6) is -2.09. The Hall–Kier alpha value is -2.87. The summed E-state index contributed by atoms with van der Waals surface area (Å²) in [6.07, 6.45) is 4.73. The number of carboxylic acids is 1. The summed E-state index contributed by atoms with van der Waals surface area (Å²) in [4.78, 5) is 38.8. The van der Waals surface area contributed by atoms with Crippen LogP contribution in [0.2, 0.25) is 0 Å². The van der Waals surface area contributed by atoms with Gasteiger partial charge in [0.05, 0.1) is 6.61 Å². The second-order valence-corrected chi connectivity index (χ2v) is 7.04. The van der Waals surface area contributed by atoms with Crippen LogP contribution in [0.4, 0.5) is 0 Å². The minimum absolute atomic E-state index is 0.00742. The summed E-state index contributed by atoms with van der Waals surface area (Å²) in [6.45, 7) is 2.36. The van der Waals surface area contributed by atoms with E-state index in [-0.39, 0.29) is 19.3 Å². The number of nitrogens with two attached hydrogens (primary N) is 1. The van der Waals surface area contributed by atoms with Crippen molar-refractivity contribution in [2.75, 3.05) is 6.61 Å². The first-order valence-electron chi connectivity index (χ1n) is 9.91. The lowest BCUT2D eigenvalue weighted by molar-refractivity contribution is -0.148. The minimum Gasteiger partial charge on any atom is -0.480 e. The molecule has 8 nitrogen and oxygen atoms in total. The number of hydrogen-bond acceptors (Lipinski definition) is 5. The summed E-state index contributed by atoms with van der Waals surface area (Å²) < 4.78 is 5.35. The molecule has 0 aliphatic rings. The number of aromatic nitrogens is 1. The van der Waals surface area contributed by atoms with E-state index in [0.717, 1.165) is 35.7 Å². The first kappa shape index (κ1) is 22.4. The van der Waals surface area contributed by atoms with Gasteiger partial charge in [0, 0.05) is 29.9 Å². The number of H-pyrrole nitrogens is 1. The van der Waals surface area contributed by atoms with Gasteiger partial charge in [-0.05, 0) is 24.5 Å². The zero-order valence-electron chi connectivity index (χ0n) is 16.6. The Morgan fingerprint density at radius 3 is 2.72 bits per heavy atom. The third-order valence-electron chi connectivity index (χ3n) is 4.71. The van der Waals surface area contributed by atoms with E-state index < -0.39 is 29.9 Å². The number of amides is 1. The van der Waals surface area contributed by atoms with Crippen molar-refractivity contribution in [2.24, 2.45) is 5.73 Å². The Morgan fingerprint density at radius 1 is 1.24 bits per heavy atom. The molecule has 0 radical (unpaired) electrons. The predicted molar refractivity (Wildman–Crippen MR) is 109 cm³/mol. The number of ether oxygens (including phenoxy) is 1. The molecular weight excluding hydrogens is 374 g/mol. The van der Waals surface area contributed by atoms with Crippen molar-refractivity contribution in [3.05, 3.63) is 36.0 Å². The van der Waals surface area contributed by atoms with Crippen molar-refractivity contribution in [3.8, 4) is 0 Å². The number of unbranched alkanes of at least 4 members (excludes halogenated alkanes) is 2. The van der Waals surface area contributed by atoms with E-state index in [1.807, 2.05) is 30.5 Å². The normalized spacial score (nSPS) is 13.0. The van der Waals surface area contributed by atoms with Gasteiger partial charge in [-0.15, -0.1) is 0 Å². The fraction of sp³-hybridized carbons (Fsp3) is 0.476. The average molecular weight is 403 g/mol. The van der Waals surface area contributed by atoms with Crippen LogP contribution < -0.4 is 11.1 Å². The zero-order chi connectivity index (χ0) is 21.2. The van der Waals surface area contributed by atoms with Crippen molar-refractivity contribution in [3.63, 3.8) is 0 Å². The van der Waals surface area contributed by atoms with Crippen LogP contribution in [-0.2, 0) is 25.5 Å². The molecule has 158 valence electrons. The van der Waals surface area contributed by atoms with Crippen molar-refractivity contribution in [2.45, 2.75) is 57.5 Å². The monoisotopic (exact) mass is 403 g/mol. The third kappa shape index (κ3) is 6.90. The predicted octanol–water partition coefficient (Wildman–Crippen LogP) is 2.12. The molecule has 5 N–H and O–H groups in total. The van der Waals surface area contributed by atoms with E-state index in [0.29, 0.717) is 6.61 Å². The highest BCUT2D eigenvalue weighted by Crippen LogP contribution is 2.19. The van der Waals surface area contributed by atoms with E-state index in [1.165, 1.54) is 0 Å². The number of aromatic amines is 1. The smallest absolute Gasteiger partial charge is 0.328 e. The van der Waals surface area contributed by atoms with Gasteiger partial charge in [-0.3, -0.25) is 9.59 Å². The van der Waals surface area contributed by atoms with Crippen LogP contribution in [0.15, 0.2) is 30.5 Å². The maximum Gasteiger partial charge on any atom is 0.328 e. The number of carbonyl (C=O) groups excluding carboxylic acids is 2. The molecule has 0 aliphatic heterocycles. The molecule has 2 aromatic rings. The van der Waals surface area contributed by atoms with Crippen molar-refractivity contribution < 1.29 is 24.2 Å². The van der Waals surface area contributed by atoms with E-state index in [1.54, 1.807) is 0 Å². The van der Waals surface area contributed by atoms with E-state index >= 15 is 0 Å². The number of aliphatic carboxylic acids is 1. The summed E-state index contributed by atoms with van der Waals surface area (Å²) in [7, 11) is 0. The molecule has 2 atom stereocenters. The summed E-state index contributed by atoms with van der Waals surface area (Å²) in [6, 6.07) is 5.72. The molecule has 0 aliphatic carbocycles. The Bertz CT molecular complexity index is 833. The number of carboxylic acid groups (broad SMARTS) is 1. The second kappa shape index (κ2) is 11.2. The molecule has 0 bridgehead atoms. The highest BCUT2D eigenvalue weighted by atomic mass is 16.5. The fourth-order valence-electron chi connectivity index (χ4n) is 3.02. The Balaban J connectivity index is 2.05. The van der Waals surface area contributed by atoms with Crippen LogP contribution >= 0.6 is 0 Å². The maximum absolute atomic E-state index is 12.6. The molecule has 0 saturated heterocycles. The van der Waals surface area contributed by atoms with Crippen LogP contribution in [0.5, 0.6) is 0 Å². The van der Waals surface area contributed by atoms with Gasteiger partial charge in [-0.2, -0.15) is 0 Å². The molecule has 2 rings (SSSR count). The zero-order valence-corrected chi connectivity index (χ0v) is 16.6. The highest BCUT2D eigenvalue weighted by molar-refractivity contribution is 5.87. The quantitative estimate of drug-likeness (QED) is 0.317. The van der Waals surface area contributed by atoms with E-state index in [2.05, 4.69) is 17.2 Å². The van der Waals surface area contributed by atoms with Gasteiger partial charge in [0.1, 0.15) is 12.1 Å². The number of carbonyl (C=O) groups is 3. The highest BCUT2D eigenvalue weighted by Gasteiger charge is 2.24. The lowest BCUT2D eigenvalue weighted by atomic mass is 10.0. The first-order valence-corrected chi connectivity index (χ1v) is 9.91. The lowest BCUT2D eigenvalue weighted by Crippen LogP contribution is -2.44. The van der Waals surface area contributed by atoms with Crippen LogP contribution in [0.3, 0.4) is 0 Å². The molecule has 0 saturated carbocycles. The number of rotatable bonds is 12. The summed E-state index contributed by atoms with van der Waals surface area (Å²) >= 11 is 0. The van der Waals surface area contributed by atoms with Gasteiger partial charge >= 0.3 is 11.9 Å². The lowest BCUT2D eigenvalue weighted by Gasteiger charge is -2.18. The largest absolute Gasteiger partial charge is 0.480 e. The molecule has 1 aromatic carbocycles. The van der Waals surface area contributed by atoms with Crippen molar-refractivity contribution in [1.29, 1.82) is 0 Å². The van der Waals surface area contributed by atoms with Crippen LogP contribution in [0.25, 0.3) is 10.9 Å². The SMILES string of the molecule is CCCCCOC(=O)C(Cc1c[nH]c2ccccc12)NC(=O)CCC(N)C(=O)O. The van der Waals surface area contributed by atoms with Gasteiger partial charge < -0.3 is 25.9 Å². The third-order valence-corrected chi connectivity index (χ3v) is 4.71. The summed E-state index contributed by atoms with van der Waals surface area (Å²) in [5.41, 5.74) is 7.27. The standard InChI is InChI=1S/C21H29N3O5/c1-2-3-6-11-29-21(28)18(24-19(25)10-9-16(22)20(26)27)12-14-13-23-17-8-5-4-7-15(14)17/h4-5,7-8,13,16,18,23H,2-3,6,9-12,22H2,1H3,(H,24,25)(H,26,27). The molecule has 2 unspecified atom stereocenters. The second-order valence-electron chi connectivity index (χ2n) is 7.04. The topological polar surface area (TPSA) is 135 Å². The van der Waals surface area contributed by atoms with Gasteiger partial charge in [-0.1, -0.05) is 38.0 Å². The van der Waals surface area contributed by atoms with E-state index in [9.17, 15) is 14.4 Å². The van der Waals surface area contributed by atoms with Crippen molar-refractivity contribution >= 4 is 28.7 Å². The Kier molecular flexibility index (Phi) is 8.67. The van der Waals surface area contributed by atoms with Gasteiger partial charge in [0.25, 0.3) is 0 Å². The molecule has 0 spiro atoms. The molecule has 0 fully saturated rings. The number of para-hydroxylation sites is 1. The summed E-state index contributed by atoms with van der Waals surface area (Å²) in [5, 5.41) is 12.5. The van der Waals surface area contributed by atoms with Gasteiger partial charge in [-0.25, -0.2) is 4.79 Å². The van der Waals surface area contributed by atoms with Crippen LogP contribution in [0.1, 0.15) is 44.6 Å². The minimum atomic E-state index is -1.16. The number of esters is 1. The van der Waals surface area contributed by atoms with Crippen molar-refractivity contribution in [1.82, 2.24) is 10.3 Å². The number of hydrogen-bond donors (Lipinski definition) is 4. The number of fused-ring (bicyclic) bond motifs is 1. The maximum atomic E-state index is 12.6. The molecule has 1 heterocycles. The molecule has 8 heteroatoms. The molecule has 1 aromatic heterocycles. The number of benzene rings is 1. The Labute approximate surface area is 169 Å². The number of nitrogens with one attached hydrogen (secondary N) is 2. The van der Waals surface area contributed by atoms with E-state index in [4.69, 9.17) is 15.6 Å².